The van der Waals surface area contributed by atoms with Crippen molar-refractivity contribution < 1.29 is 9.59 Å². The van der Waals surface area contributed by atoms with Gasteiger partial charge in [-0.1, -0.05) is 12.8 Å². The maximum Gasteiger partial charge on any atom is 0.237 e. The Morgan fingerprint density at radius 2 is 1.81 bits per heavy atom. The second kappa shape index (κ2) is 4.95. The van der Waals surface area contributed by atoms with E-state index < -0.39 is 6.04 Å². The van der Waals surface area contributed by atoms with E-state index in [2.05, 4.69) is 5.32 Å². The van der Waals surface area contributed by atoms with E-state index in [9.17, 15) is 9.59 Å². The Morgan fingerprint density at radius 3 is 2.31 bits per heavy atom. The van der Waals surface area contributed by atoms with Crippen LogP contribution in [0.5, 0.6) is 0 Å². The molecule has 90 valence electrons. The van der Waals surface area contributed by atoms with Crippen molar-refractivity contribution in [2.75, 3.05) is 0 Å². The van der Waals surface area contributed by atoms with Crippen LogP contribution in [0.15, 0.2) is 0 Å². The molecule has 2 atom stereocenters. The highest BCUT2D eigenvalue weighted by atomic mass is 16.2. The van der Waals surface area contributed by atoms with Crippen LogP contribution in [-0.4, -0.2) is 24.3 Å². The molecule has 2 aliphatic rings. The molecule has 0 unspecified atom stereocenters. The molecule has 16 heavy (non-hydrogen) atoms. The SMILES string of the molecule is N[C@H](C(=O)N[C@H](C=O)C1CCCC1)C1CC1. The number of aldehydes is 1. The fraction of sp³-hybridized carbons (Fsp3) is 0.833. The number of carbonyl (C=O) groups excluding carboxylic acids is 2. The predicted octanol–water partition coefficient (Wildman–Crippen LogP) is 0.598. The van der Waals surface area contributed by atoms with Gasteiger partial charge in [-0.2, -0.15) is 0 Å². The van der Waals surface area contributed by atoms with Crippen molar-refractivity contribution in [2.24, 2.45) is 17.6 Å². The van der Waals surface area contributed by atoms with Crippen molar-refractivity contribution in [3.05, 3.63) is 0 Å². The fourth-order valence-electron chi connectivity index (χ4n) is 2.51. The summed E-state index contributed by atoms with van der Waals surface area (Å²) >= 11 is 0. The molecular formula is C12H20N2O2. The summed E-state index contributed by atoms with van der Waals surface area (Å²) in [6.45, 7) is 0. The van der Waals surface area contributed by atoms with Crippen LogP contribution in [0, 0.1) is 11.8 Å². The summed E-state index contributed by atoms with van der Waals surface area (Å²) in [7, 11) is 0. The van der Waals surface area contributed by atoms with Gasteiger partial charge in [-0.25, -0.2) is 0 Å². The molecule has 0 spiro atoms. The molecule has 2 aliphatic carbocycles. The molecule has 2 saturated carbocycles. The van der Waals surface area contributed by atoms with E-state index in [0.29, 0.717) is 11.8 Å². The van der Waals surface area contributed by atoms with Crippen molar-refractivity contribution in [3.8, 4) is 0 Å². The second-order valence-electron chi connectivity index (χ2n) is 5.08. The van der Waals surface area contributed by atoms with Crippen LogP contribution in [0.1, 0.15) is 38.5 Å². The molecule has 0 heterocycles. The molecule has 0 aromatic heterocycles. The summed E-state index contributed by atoms with van der Waals surface area (Å²) in [6, 6.07) is -0.733. The van der Waals surface area contributed by atoms with Gasteiger partial charge in [0.1, 0.15) is 6.29 Å². The lowest BCUT2D eigenvalue weighted by molar-refractivity contribution is -0.126. The summed E-state index contributed by atoms with van der Waals surface area (Å²) < 4.78 is 0. The molecule has 0 bridgehead atoms. The summed E-state index contributed by atoms with van der Waals surface area (Å²) in [4.78, 5) is 22.7. The first-order valence-electron chi connectivity index (χ1n) is 6.23. The third-order valence-corrected chi connectivity index (χ3v) is 3.80. The number of carbonyl (C=O) groups is 2. The zero-order valence-corrected chi connectivity index (χ0v) is 9.52. The van der Waals surface area contributed by atoms with Crippen LogP contribution in [0.3, 0.4) is 0 Å². The highest BCUT2D eigenvalue weighted by Gasteiger charge is 2.35. The van der Waals surface area contributed by atoms with Crippen LogP contribution < -0.4 is 11.1 Å². The number of hydrogen-bond donors (Lipinski definition) is 2. The van der Waals surface area contributed by atoms with Crippen LogP contribution in [-0.2, 0) is 9.59 Å². The number of nitrogens with two attached hydrogens (primary N) is 1. The van der Waals surface area contributed by atoms with Gasteiger partial charge in [-0.15, -0.1) is 0 Å². The molecule has 0 radical (unpaired) electrons. The summed E-state index contributed by atoms with van der Waals surface area (Å²) in [6.07, 6.45) is 7.38. The molecular weight excluding hydrogens is 204 g/mol. The van der Waals surface area contributed by atoms with Crippen LogP contribution in [0.4, 0.5) is 0 Å². The molecule has 0 aromatic rings. The van der Waals surface area contributed by atoms with Crippen molar-refractivity contribution >= 4 is 12.2 Å². The lowest BCUT2D eigenvalue weighted by Crippen LogP contribution is -2.49. The minimum Gasteiger partial charge on any atom is -0.345 e. The van der Waals surface area contributed by atoms with Gasteiger partial charge in [0.05, 0.1) is 12.1 Å². The fourth-order valence-corrected chi connectivity index (χ4v) is 2.51. The van der Waals surface area contributed by atoms with E-state index in [4.69, 9.17) is 5.73 Å². The average molecular weight is 224 g/mol. The smallest absolute Gasteiger partial charge is 0.237 e. The Morgan fingerprint density at radius 1 is 1.19 bits per heavy atom. The van der Waals surface area contributed by atoms with E-state index in [0.717, 1.165) is 32.0 Å². The molecule has 2 rings (SSSR count). The van der Waals surface area contributed by atoms with Crippen LogP contribution in [0.25, 0.3) is 0 Å². The highest BCUT2D eigenvalue weighted by Crippen LogP contribution is 2.32. The molecule has 4 heteroatoms. The Balaban J connectivity index is 1.84. The normalized spacial score (nSPS) is 25.1. The van der Waals surface area contributed by atoms with Gasteiger partial charge >= 0.3 is 0 Å². The molecule has 0 aromatic carbocycles. The Kier molecular flexibility index (Phi) is 3.59. The van der Waals surface area contributed by atoms with E-state index in [1.165, 1.54) is 12.8 Å². The Hall–Kier alpha value is -0.900. The van der Waals surface area contributed by atoms with E-state index in [1.807, 2.05) is 0 Å². The van der Waals surface area contributed by atoms with Gasteiger partial charge in [-0.05, 0) is 37.5 Å². The molecule has 0 saturated heterocycles. The maximum absolute atomic E-state index is 11.8. The van der Waals surface area contributed by atoms with E-state index >= 15 is 0 Å². The zero-order chi connectivity index (χ0) is 11.5. The lowest BCUT2D eigenvalue weighted by Gasteiger charge is -2.21. The van der Waals surface area contributed by atoms with Gasteiger partial charge < -0.3 is 15.8 Å². The van der Waals surface area contributed by atoms with Crippen molar-refractivity contribution in [2.45, 2.75) is 50.6 Å². The van der Waals surface area contributed by atoms with Crippen molar-refractivity contribution in [1.29, 1.82) is 0 Å². The van der Waals surface area contributed by atoms with Gasteiger partial charge in [0.15, 0.2) is 0 Å². The lowest BCUT2D eigenvalue weighted by atomic mass is 9.99. The second-order valence-corrected chi connectivity index (χ2v) is 5.08. The van der Waals surface area contributed by atoms with Gasteiger partial charge in [0.25, 0.3) is 0 Å². The first kappa shape index (κ1) is 11.6. The average Bonchev–Trinajstić information content (AvgIpc) is 3.00. The third-order valence-electron chi connectivity index (χ3n) is 3.80. The van der Waals surface area contributed by atoms with Crippen molar-refractivity contribution in [1.82, 2.24) is 5.32 Å². The number of hydrogen-bond acceptors (Lipinski definition) is 3. The molecule has 3 N–H and O–H groups in total. The van der Waals surface area contributed by atoms with Gasteiger partial charge in [0, 0.05) is 0 Å². The third kappa shape index (κ3) is 2.61. The first-order chi connectivity index (χ1) is 7.72. The number of nitrogens with one attached hydrogen (secondary N) is 1. The quantitative estimate of drug-likeness (QED) is 0.672. The molecule has 0 aliphatic heterocycles. The maximum atomic E-state index is 11.8. The minimum absolute atomic E-state index is 0.147. The largest absolute Gasteiger partial charge is 0.345 e. The van der Waals surface area contributed by atoms with Crippen LogP contribution >= 0.6 is 0 Å². The molecule has 4 nitrogen and oxygen atoms in total. The highest BCUT2D eigenvalue weighted by molar-refractivity contribution is 5.84. The van der Waals surface area contributed by atoms with E-state index in [1.54, 1.807) is 0 Å². The van der Waals surface area contributed by atoms with Gasteiger partial charge in [-0.3, -0.25) is 4.79 Å². The Labute approximate surface area is 96.0 Å². The topological polar surface area (TPSA) is 72.2 Å². The predicted molar refractivity (Wildman–Crippen MR) is 60.7 cm³/mol. The van der Waals surface area contributed by atoms with Crippen LogP contribution in [0.2, 0.25) is 0 Å². The van der Waals surface area contributed by atoms with Gasteiger partial charge in [0.2, 0.25) is 5.91 Å². The Bertz CT molecular complexity index is 270. The van der Waals surface area contributed by atoms with E-state index in [-0.39, 0.29) is 11.9 Å². The number of rotatable bonds is 5. The first-order valence-corrected chi connectivity index (χ1v) is 6.23. The van der Waals surface area contributed by atoms with Crippen molar-refractivity contribution in [3.63, 3.8) is 0 Å². The number of amides is 1. The molecule has 2 fully saturated rings. The summed E-state index contributed by atoms with van der Waals surface area (Å²) in [5.41, 5.74) is 5.80. The summed E-state index contributed by atoms with van der Waals surface area (Å²) in [5, 5.41) is 2.80. The monoisotopic (exact) mass is 224 g/mol. The zero-order valence-electron chi connectivity index (χ0n) is 9.52. The minimum atomic E-state index is -0.413. The standard InChI is InChI=1S/C12H20N2O2/c13-11(9-5-6-9)12(16)14-10(7-15)8-3-1-2-4-8/h7-11H,1-6,13H2,(H,14,16)/t10-,11+/m1/s1. The molecule has 1 amide bonds. The summed E-state index contributed by atoms with van der Waals surface area (Å²) in [5.74, 6) is 0.523.